The average Bonchev–Trinajstić information content (AvgIpc) is 1.05. The molecule has 3 rings (SSSR count). The van der Waals surface area contributed by atoms with E-state index >= 15 is 0 Å². The van der Waals surface area contributed by atoms with Crippen LogP contribution in [-0.2, 0) is 14.4 Å². The normalized spacial score (nSPS) is 18.6. The Balaban J connectivity index is 0.00000133. The molecular weight excluding hydrogens is 1130 g/mol. The zero-order valence-electron chi connectivity index (χ0n) is 62.4. The summed E-state index contributed by atoms with van der Waals surface area (Å²) >= 11 is 0. The summed E-state index contributed by atoms with van der Waals surface area (Å²) in [5.74, 6) is -0.634. The second kappa shape index (κ2) is 43.1. The quantitative estimate of drug-likeness (QED) is 0.0401. The van der Waals surface area contributed by atoms with Gasteiger partial charge in [0.1, 0.15) is 0 Å². The van der Waals surface area contributed by atoms with Crippen LogP contribution in [0.4, 0.5) is 0 Å². The first-order chi connectivity index (χ1) is 41.8. The van der Waals surface area contributed by atoms with Crippen molar-refractivity contribution in [1.29, 1.82) is 0 Å². The number of carboxylic acid groups (broad SMARTS) is 3. The SMILES string of the molecule is CC1=C(/C=C/C(C)=C/C=C/C(CCC(C)C)=C(\CC(C)C)C(=O)[O-])C(C)(C)CCC1.CC1=C(/C=C/C(C)=C/C=C/C(CCC(C)C)=C(\CC(C)C)C(=O)[O-])C(C)(C)CCC1.CC1=C(/C=C/C(C)=C/C=C/C(CCC(C)C)=C(\CC(C)C)C(=O)[O-])C(C)(C)CCC1.[Al+3]. The summed E-state index contributed by atoms with van der Waals surface area (Å²) in [7, 11) is 0. The van der Waals surface area contributed by atoms with Crippen LogP contribution in [-0.4, -0.2) is 35.3 Å². The molecule has 3 aliphatic carbocycles. The topological polar surface area (TPSA) is 120 Å². The van der Waals surface area contributed by atoms with Crippen molar-refractivity contribution in [2.75, 3.05) is 0 Å². The number of hydrogen-bond donors (Lipinski definition) is 0. The summed E-state index contributed by atoms with van der Waals surface area (Å²) in [4.78, 5) is 35.3. The third kappa shape index (κ3) is 34.7. The Morgan fingerprint density at radius 2 is 0.604 bits per heavy atom. The van der Waals surface area contributed by atoms with E-state index in [-0.39, 0.29) is 51.4 Å². The van der Waals surface area contributed by atoms with Gasteiger partial charge in [0.15, 0.2) is 0 Å². The van der Waals surface area contributed by atoms with E-state index in [1.807, 2.05) is 78.0 Å². The maximum atomic E-state index is 11.8. The molecule has 0 fully saturated rings. The molecule has 0 atom stereocenters. The molecule has 0 unspecified atom stereocenters. The summed E-state index contributed by atoms with van der Waals surface area (Å²) in [5, 5.41) is 35.3. The minimum Gasteiger partial charge on any atom is -0.545 e. The number of carbonyl (C=O) groups is 3. The molecule has 91 heavy (non-hydrogen) atoms. The standard InChI is InChI=1S/3C28H44O2.Al/c3*1-20(2)14-16-24(25(27(29)30)19-21(3)4)13-9-11-22(5)15-17-26-23(6)12-10-18-28(26,7)8;/h3*9,11,13,15,17,20-21H,10,12,14,16,18-19H2,1-8H3,(H,29,30);/q;;;+3/p-3/b3*13-9+,17-15+,22-11+,25-24-;. The first kappa shape index (κ1) is 86.0. The van der Waals surface area contributed by atoms with Gasteiger partial charge in [-0.1, -0.05) is 249 Å². The van der Waals surface area contributed by atoms with E-state index in [0.29, 0.717) is 53.7 Å². The van der Waals surface area contributed by atoms with Crippen molar-refractivity contribution >= 4 is 35.3 Å². The molecule has 6 nitrogen and oxygen atoms in total. The predicted molar refractivity (Wildman–Crippen MR) is 390 cm³/mol. The van der Waals surface area contributed by atoms with Crippen LogP contribution in [0.1, 0.15) is 282 Å². The van der Waals surface area contributed by atoms with Gasteiger partial charge in [-0.3, -0.25) is 0 Å². The van der Waals surface area contributed by atoms with Crippen LogP contribution in [0.3, 0.4) is 0 Å². The van der Waals surface area contributed by atoms with Gasteiger partial charge in [-0.2, -0.15) is 0 Å². The summed E-state index contributed by atoms with van der Waals surface area (Å²) in [6, 6.07) is 0. The van der Waals surface area contributed by atoms with E-state index in [4.69, 9.17) is 0 Å². The number of allylic oxidation sites excluding steroid dienone is 27. The summed E-state index contributed by atoms with van der Waals surface area (Å²) < 4.78 is 0. The predicted octanol–water partition coefficient (Wildman–Crippen LogP) is 20.9. The molecule has 0 aromatic carbocycles. The molecule has 3 aliphatic rings. The Kier molecular flexibility index (Phi) is 40.8. The molecule has 0 aliphatic heterocycles. The summed E-state index contributed by atoms with van der Waals surface area (Å²) in [6.45, 7) is 52.3. The van der Waals surface area contributed by atoms with Crippen molar-refractivity contribution in [2.45, 2.75) is 282 Å². The minimum atomic E-state index is -1.03. The Hall–Kier alpha value is -4.96. The second-order valence-electron chi connectivity index (χ2n) is 31.1. The van der Waals surface area contributed by atoms with Crippen molar-refractivity contribution in [2.24, 2.45) is 51.8 Å². The van der Waals surface area contributed by atoms with Gasteiger partial charge in [0.05, 0.1) is 17.9 Å². The van der Waals surface area contributed by atoms with Gasteiger partial charge in [-0.25, -0.2) is 0 Å². The molecule has 0 N–H and O–H groups in total. The van der Waals surface area contributed by atoms with Crippen LogP contribution in [0.25, 0.3) is 0 Å². The van der Waals surface area contributed by atoms with Crippen LogP contribution < -0.4 is 15.3 Å². The zero-order chi connectivity index (χ0) is 68.7. The van der Waals surface area contributed by atoms with Gasteiger partial charge < -0.3 is 29.7 Å². The van der Waals surface area contributed by atoms with E-state index in [2.05, 4.69) is 179 Å². The summed E-state index contributed by atoms with van der Waals surface area (Å²) in [5.41, 5.74) is 17.1. The average molecular weight is 1260 g/mol. The summed E-state index contributed by atoms with van der Waals surface area (Å²) in [6.07, 6.45) is 49.4. The Morgan fingerprint density at radius 3 is 0.780 bits per heavy atom. The van der Waals surface area contributed by atoms with Crippen LogP contribution >= 0.6 is 0 Å². The molecule has 0 radical (unpaired) electrons. The molecule has 0 spiro atoms. The van der Waals surface area contributed by atoms with Crippen molar-refractivity contribution in [3.63, 3.8) is 0 Å². The molecule has 0 heterocycles. The van der Waals surface area contributed by atoms with E-state index in [1.165, 1.54) is 91.2 Å². The maximum absolute atomic E-state index is 11.8. The Labute approximate surface area is 569 Å². The van der Waals surface area contributed by atoms with Crippen molar-refractivity contribution < 1.29 is 29.7 Å². The molecule has 0 amide bonds. The fraction of sp³-hybridized carbons (Fsp3) is 0.607. The number of hydrogen-bond acceptors (Lipinski definition) is 6. The van der Waals surface area contributed by atoms with E-state index < -0.39 is 17.9 Å². The van der Waals surface area contributed by atoms with Crippen molar-refractivity contribution in [3.05, 3.63) is 175 Å². The van der Waals surface area contributed by atoms with Gasteiger partial charge in [0.25, 0.3) is 0 Å². The van der Waals surface area contributed by atoms with Crippen LogP contribution in [0.2, 0.25) is 0 Å². The smallest absolute Gasteiger partial charge is 0.545 e. The maximum Gasteiger partial charge on any atom is 3.00 e. The van der Waals surface area contributed by atoms with Gasteiger partial charge >= 0.3 is 17.4 Å². The minimum absolute atomic E-state index is 0. The fourth-order valence-corrected chi connectivity index (χ4v) is 12.4. The molecular formula is C84H129AlO6. The molecule has 0 aromatic rings. The fourth-order valence-electron chi connectivity index (χ4n) is 12.4. The number of carbonyl (C=O) groups excluding carboxylic acids is 3. The molecule has 0 saturated heterocycles. The third-order valence-electron chi connectivity index (χ3n) is 17.8. The van der Waals surface area contributed by atoms with Crippen molar-refractivity contribution in [3.8, 4) is 0 Å². The second-order valence-corrected chi connectivity index (χ2v) is 31.1. The van der Waals surface area contributed by atoms with E-state index in [9.17, 15) is 29.7 Å². The van der Waals surface area contributed by atoms with Gasteiger partial charge in [0, 0.05) is 0 Å². The van der Waals surface area contributed by atoms with Gasteiger partial charge in [-0.15, -0.1) is 0 Å². The monoisotopic (exact) mass is 1260 g/mol. The first-order valence-electron chi connectivity index (χ1n) is 34.8. The number of aliphatic carboxylic acids is 3. The molecule has 0 saturated carbocycles. The molecule has 7 heteroatoms. The zero-order valence-corrected chi connectivity index (χ0v) is 63.5. The van der Waals surface area contributed by atoms with E-state index in [0.717, 1.165) is 72.0 Å². The first-order valence-corrected chi connectivity index (χ1v) is 34.8. The van der Waals surface area contributed by atoms with E-state index in [1.54, 1.807) is 0 Å². The van der Waals surface area contributed by atoms with Crippen LogP contribution in [0.15, 0.2) is 175 Å². The van der Waals surface area contributed by atoms with Crippen LogP contribution in [0, 0.1) is 51.8 Å². The molecule has 504 valence electrons. The van der Waals surface area contributed by atoms with Gasteiger partial charge in [-0.05, 0) is 259 Å². The molecule has 0 bridgehead atoms. The largest absolute Gasteiger partial charge is 3.00 e. The van der Waals surface area contributed by atoms with Crippen molar-refractivity contribution in [1.82, 2.24) is 0 Å². The molecule has 0 aromatic heterocycles. The van der Waals surface area contributed by atoms with Gasteiger partial charge in [0.2, 0.25) is 0 Å². The Bertz CT molecular complexity index is 2520. The number of rotatable bonds is 30. The van der Waals surface area contributed by atoms with Crippen LogP contribution in [0.5, 0.6) is 0 Å². The Morgan fingerprint density at radius 1 is 0.385 bits per heavy atom. The number of carboxylic acids is 3. The third-order valence-corrected chi connectivity index (χ3v) is 17.8.